The molecule has 0 aromatic carbocycles. The first-order valence-corrected chi connectivity index (χ1v) is 7.47. The molecule has 4 nitrogen and oxygen atoms in total. The molecule has 1 aromatic rings. The van der Waals surface area contributed by atoms with Crippen LogP contribution in [-0.2, 0) is 11.2 Å². The Morgan fingerprint density at radius 1 is 1.55 bits per heavy atom. The minimum Gasteiger partial charge on any atom is -0.383 e. The molecule has 20 heavy (non-hydrogen) atoms. The molecule has 1 aliphatic carbocycles. The van der Waals surface area contributed by atoms with Gasteiger partial charge in [0.25, 0.3) is 5.91 Å². The second-order valence-electron chi connectivity index (χ2n) is 5.18. The molecule has 0 unspecified atom stereocenters. The predicted octanol–water partition coefficient (Wildman–Crippen LogP) is 2.05. The Kier molecular flexibility index (Phi) is 4.39. The monoisotopic (exact) mass is 304 g/mol. The van der Waals surface area contributed by atoms with E-state index in [1.165, 1.54) is 11.3 Å². The summed E-state index contributed by atoms with van der Waals surface area (Å²) in [5, 5.41) is 12.9. The lowest BCUT2D eigenvalue weighted by Crippen LogP contribution is -2.56. The molecule has 112 valence electrons. The van der Waals surface area contributed by atoms with Crippen molar-refractivity contribution in [2.45, 2.75) is 50.6 Å². The molecule has 0 spiro atoms. The van der Waals surface area contributed by atoms with E-state index in [2.05, 4.69) is 10.3 Å². The summed E-state index contributed by atoms with van der Waals surface area (Å²) in [7, 11) is 0. The predicted molar refractivity (Wildman–Crippen MR) is 71.9 cm³/mol. The van der Waals surface area contributed by atoms with Gasteiger partial charge in [0.1, 0.15) is 5.60 Å². The summed E-state index contributed by atoms with van der Waals surface area (Å²) in [4.78, 5) is 16.7. The summed E-state index contributed by atoms with van der Waals surface area (Å²) in [5.41, 5.74) is -2.19. The molecule has 2 N–H and O–H groups in total. The number of amides is 1. The smallest absolute Gasteiger partial charge is 0.352 e. The molecule has 1 heterocycles. The first-order valence-electron chi connectivity index (χ1n) is 6.65. The average Bonchev–Trinajstić information content (AvgIpc) is 2.99. The number of aliphatic hydroxyl groups is 1. The Bertz CT molecular complexity index is 484. The van der Waals surface area contributed by atoms with Crippen LogP contribution in [0.4, 0.5) is 8.78 Å². The quantitative estimate of drug-likeness (QED) is 0.875. The van der Waals surface area contributed by atoms with E-state index in [4.69, 9.17) is 0 Å². The van der Waals surface area contributed by atoms with Crippen LogP contribution in [0.2, 0.25) is 0 Å². The van der Waals surface area contributed by atoms with E-state index in [1.807, 2.05) is 6.92 Å². The molecule has 2 rings (SSSR count). The van der Waals surface area contributed by atoms with Crippen molar-refractivity contribution in [1.29, 1.82) is 0 Å². The van der Waals surface area contributed by atoms with Crippen LogP contribution in [0, 0.1) is 6.92 Å². The number of hydrogen-bond donors (Lipinski definition) is 2. The highest BCUT2D eigenvalue weighted by Gasteiger charge is 2.58. The Labute approximate surface area is 120 Å². The van der Waals surface area contributed by atoms with Crippen molar-refractivity contribution in [3.05, 3.63) is 16.1 Å². The minimum atomic E-state index is -3.73. The number of halogens is 2. The standard InChI is InChI=1S/C13H18F2N2O2S/c1-9-8-17-10(20-9)4-7-16-11(18)13(14,15)12(19)5-2-3-6-12/h8,19H,2-7H2,1H3,(H,16,18). The van der Waals surface area contributed by atoms with E-state index in [-0.39, 0.29) is 19.4 Å². The van der Waals surface area contributed by atoms with E-state index in [0.717, 1.165) is 9.88 Å². The van der Waals surface area contributed by atoms with Gasteiger partial charge < -0.3 is 10.4 Å². The highest BCUT2D eigenvalue weighted by atomic mass is 32.1. The molecule has 1 fully saturated rings. The van der Waals surface area contributed by atoms with Crippen LogP contribution in [0.1, 0.15) is 35.6 Å². The van der Waals surface area contributed by atoms with E-state index in [1.54, 1.807) is 6.20 Å². The van der Waals surface area contributed by atoms with Crippen LogP contribution in [0.3, 0.4) is 0 Å². The summed E-state index contributed by atoms with van der Waals surface area (Å²) >= 11 is 1.47. The second kappa shape index (κ2) is 5.73. The fourth-order valence-corrected chi connectivity index (χ4v) is 3.18. The third kappa shape index (κ3) is 2.98. The Morgan fingerprint density at radius 2 is 2.20 bits per heavy atom. The first-order chi connectivity index (χ1) is 9.35. The van der Waals surface area contributed by atoms with Gasteiger partial charge in [-0.15, -0.1) is 11.3 Å². The van der Waals surface area contributed by atoms with Gasteiger partial charge in [0, 0.05) is 24.0 Å². The van der Waals surface area contributed by atoms with E-state index < -0.39 is 17.4 Å². The zero-order valence-corrected chi connectivity index (χ0v) is 12.1. The van der Waals surface area contributed by atoms with Crippen molar-refractivity contribution in [2.75, 3.05) is 6.54 Å². The van der Waals surface area contributed by atoms with Gasteiger partial charge in [-0.2, -0.15) is 8.78 Å². The molecule has 0 saturated heterocycles. The van der Waals surface area contributed by atoms with Crippen molar-refractivity contribution < 1.29 is 18.7 Å². The number of nitrogens with one attached hydrogen (secondary N) is 1. The SMILES string of the molecule is Cc1cnc(CCNC(=O)C(F)(F)C2(O)CCCC2)s1. The number of aromatic nitrogens is 1. The zero-order valence-electron chi connectivity index (χ0n) is 11.3. The van der Waals surface area contributed by atoms with Gasteiger partial charge in [0.15, 0.2) is 0 Å². The molecular weight excluding hydrogens is 286 g/mol. The highest BCUT2D eigenvalue weighted by Crippen LogP contribution is 2.41. The third-order valence-corrected chi connectivity index (χ3v) is 4.57. The fraction of sp³-hybridized carbons (Fsp3) is 0.692. The van der Waals surface area contributed by atoms with Gasteiger partial charge in [-0.1, -0.05) is 12.8 Å². The van der Waals surface area contributed by atoms with Crippen molar-refractivity contribution >= 4 is 17.2 Å². The number of rotatable bonds is 5. The zero-order chi connectivity index (χ0) is 14.8. The van der Waals surface area contributed by atoms with Crippen molar-refractivity contribution in [3.63, 3.8) is 0 Å². The average molecular weight is 304 g/mol. The lowest BCUT2D eigenvalue weighted by atomic mass is 9.93. The van der Waals surface area contributed by atoms with Crippen LogP contribution in [0.25, 0.3) is 0 Å². The summed E-state index contributed by atoms with van der Waals surface area (Å²) in [6.07, 6.45) is 3.12. The largest absolute Gasteiger partial charge is 0.383 e. The van der Waals surface area contributed by atoms with Crippen LogP contribution in [-0.4, -0.2) is 34.1 Å². The molecule has 1 saturated carbocycles. The van der Waals surface area contributed by atoms with Crippen LogP contribution < -0.4 is 5.32 Å². The van der Waals surface area contributed by atoms with Gasteiger partial charge in [-0.05, 0) is 19.8 Å². The van der Waals surface area contributed by atoms with Crippen LogP contribution >= 0.6 is 11.3 Å². The van der Waals surface area contributed by atoms with Crippen LogP contribution in [0.15, 0.2) is 6.20 Å². The van der Waals surface area contributed by atoms with E-state index >= 15 is 0 Å². The number of hydrogen-bond acceptors (Lipinski definition) is 4. The molecule has 0 atom stereocenters. The number of alkyl halides is 2. The minimum absolute atomic E-state index is 0.0287. The topological polar surface area (TPSA) is 62.2 Å². The number of nitrogens with zero attached hydrogens (tertiary/aromatic N) is 1. The molecule has 1 aliphatic rings. The molecule has 1 aromatic heterocycles. The van der Waals surface area contributed by atoms with E-state index in [0.29, 0.717) is 19.3 Å². The number of thiazole rings is 1. The Balaban J connectivity index is 1.87. The molecule has 7 heteroatoms. The summed E-state index contributed by atoms with van der Waals surface area (Å²) < 4.78 is 27.9. The maximum atomic E-state index is 14.0. The van der Waals surface area contributed by atoms with Gasteiger partial charge >= 0.3 is 5.92 Å². The third-order valence-electron chi connectivity index (χ3n) is 3.59. The lowest BCUT2D eigenvalue weighted by Gasteiger charge is -2.30. The van der Waals surface area contributed by atoms with Crippen molar-refractivity contribution in [2.24, 2.45) is 0 Å². The Morgan fingerprint density at radius 3 is 2.75 bits per heavy atom. The van der Waals surface area contributed by atoms with Gasteiger partial charge in [0.05, 0.1) is 5.01 Å². The lowest BCUT2D eigenvalue weighted by molar-refractivity contribution is -0.190. The van der Waals surface area contributed by atoms with Gasteiger partial charge in [-0.3, -0.25) is 4.79 Å². The van der Waals surface area contributed by atoms with Crippen molar-refractivity contribution in [1.82, 2.24) is 10.3 Å². The van der Waals surface area contributed by atoms with Gasteiger partial charge in [0.2, 0.25) is 0 Å². The molecular formula is C13H18F2N2O2S. The Hall–Kier alpha value is -1.08. The molecule has 0 radical (unpaired) electrons. The summed E-state index contributed by atoms with van der Waals surface area (Å²) in [6.45, 7) is 2.00. The summed E-state index contributed by atoms with van der Waals surface area (Å²) in [5.74, 6) is -5.13. The molecule has 1 amide bonds. The highest BCUT2D eigenvalue weighted by molar-refractivity contribution is 7.11. The molecule has 0 aliphatic heterocycles. The number of carbonyl (C=O) groups excluding carboxylic acids is 1. The normalized spacial score (nSPS) is 18.2. The second-order valence-corrected chi connectivity index (χ2v) is 6.50. The van der Waals surface area contributed by atoms with Gasteiger partial charge in [-0.25, -0.2) is 4.98 Å². The van der Waals surface area contributed by atoms with E-state index in [9.17, 15) is 18.7 Å². The molecule has 0 bridgehead atoms. The number of aryl methyl sites for hydroxylation is 1. The number of carbonyl (C=O) groups is 1. The summed E-state index contributed by atoms with van der Waals surface area (Å²) in [6, 6.07) is 0. The first kappa shape index (κ1) is 15.3. The van der Waals surface area contributed by atoms with Crippen molar-refractivity contribution in [3.8, 4) is 0 Å². The maximum Gasteiger partial charge on any atom is 0.352 e. The maximum absolute atomic E-state index is 14.0. The van der Waals surface area contributed by atoms with Crippen LogP contribution in [0.5, 0.6) is 0 Å². The fourth-order valence-electron chi connectivity index (χ4n) is 2.40.